The topological polar surface area (TPSA) is 38.5 Å². The van der Waals surface area contributed by atoms with Crippen molar-refractivity contribution in [3.63, 3.8) is 0 Å². The predicted octanol–water partition coefficient (Wildman–Crippen LogP) is 3.54. The molecule has 0 amide bonds. The number of ether oxygens (including phenoxy) is 1. The smallest absolute Gasteiger partial charge is 0.226 e. The fraction of sp³-hybridized carbons (Fsp3) is 0.471. The summed E-state index contributed by atoms with van der Waals surface area (Å²) in [5.41, 5.74) is 1.10. The van der Waals surface area contributed by atoms with Gasteiger partial charge in [-0.15, -0.1) is 0 Å². The summed E-state index contributed by atoms with van der Waals surface area (Å²) in [6.07, 6.45) is 1.99. The molecule has 3 rings (SSSR count). The lowest BCUT2D eigenvalue weighted by Gasteiger charge is -2.30. The summed E-state index contributed by atoms with van der Waals surface area (Å²) < 4.78 is 37.7. The maximum Gasteiger partial charge on any atom is 0.226 e. The first-order chi connectivity index (χ1) is 11.0. The Labute approximate surface area is 134 Å². The van der Waals surface area contributed by atoms with Crippen LogP contribution in [0.2, 0.25) is 0 Å². The Kier molecular flexibility index (Phi) is 4.73. The number of oxazole rings is 1. The van der Waals surface area contributed by atoms with Crippen LogP contribution in [0.4, 0.5) is 8.78 Å². The first kappa shape index (κ1) is 16.1. The molecule has 0 bridgehead atoms. The Morgan fingerprint density at radius 1 is 1.17 bits per heavy atom. The highest BCUT2D eigenvalue weighted by atomic mass is 19.1. The highest BCUT2D eigenvalue weighted by Crippen LogP contribution is 2.25. The zero-order chi connectivity index (χ0) is 16.4. The molecule has 0 aliphatic carbocycles. The van der Waals surface area contributed by atoms with Crippen LogP contribution < -0.4 is 0 Å². The average Bonchev–Trinajstić information content (AvgIpc) is 2.88. The van der Waals surface area contributed by atoms with Crippen molar-refractivity contribution >= 4 is 0 Å². The van der Waals surface area contributed by atoms with E-state index in [0.717, 1.165) is 37.8 Å². The van der Waals surface area contributed by atoms with Gasteiger partial charge in [-0.2, -0.15) is 0 Å². The summed E-state index contributed by atoms with van der Waals surface area (Å²) in [6, 6.07) is 3.73. The molecule has 1 aromatic heterocycles. The first-order valence-electron chi connectivity index (χ1n) is 7.73. The molecule has 0 spiro atoms. The van der Waals surface area contributed by atoms with Gasteiger partial charge in [-0.1, -0.05) is 0 Å². The van der Waals surface area contributed by atoms with Gasteiger partial charge in [0.2, 0.25) is 5.89 Å². The van der Waals surface area contributed by atoms with E-state index in [2.05, 4.69) is 9.88 Å². The molecule has 0 atom stereocenters. The standard InChI is InChI=1S/C17H20F2N2O2/c1-11-16(10-21(2)15-3-5-22-6-4-15)20-17(23-11)12-7-13(18)9-14(19)8-12/h7-9,15H,3-6,10H2,1-2H3. The monoisotopic (exact) mass is 322 g/mol. The molecule has 0 saturated carbocycles. The average molecular weight is 322 g/mol. The number of nitrogens with zero attached hydrogens (tertiary/aromatic N) is 2. The number of aromatic nitrogens is 1. The van der Waals surface area contributed by atoms with Crippen LogP contribution in [0.3, 0.4) is 0 Å². The van der Waals surface area contributed by atoms with Crippen LogP contribution in [0.5, 0.6) is 0 Å². The van der Waals surface area contributed by atoms with Crippen LogP contribution >= 0.6 is 0 Å². The van der Waals surface area contributed by atoms with Gasteiger partial charge < -0.3 is 9.15 Å². The van der Waals surface area contributed by atoms with E-state index in [0.29, 0.717) is 23.9 Å². The third-order valence-electron chi connectivity index (χ3n) is 4.22. The maximum absolute atomic E-state index is 13.3. The third-order valence-corrected chi connectivity index (χ3v) is 4.22. The SMILES string of the molecule is Cc1oc(-c2cc(F)cc(F)c2)nc1CN(C)C1CCOCC1. The van der Waals surface area contributed by atoms with Crippen LogP contribution in [0, 0.1) is 18.6 Å². The summed E-state index contributed by atoms with van der Waals surface area (Å²) in [5, 5.41) is 0. The second-order valence-corrected chi connectivity index (χ2v) is 5.94. The van der Waals surface area contributed by atoms with Crippen molar-refractivity contribution in [2.45, 2.75) is 32.4 Å². The molecule has 23 heavy (non-hydrogen) atoms. The van der Waals surface area contributed by atoms with Crippen molar-refractivity contribution in [2.24, 2.45) is 0 Å². The minimum Gasteiger partial charge on any atom is -0.441 e. The number of hydrogen-bond donors (Lipinski definition) is 0. The predicted molar refractivity (Wildman–Crippen MR) is 81.9 cm³/mol. The van der Waals surface area contributed by atoms with E-state index in [1.54, 1.807) is 0 Å². The summed E-state index contributed by atoms with van der Waals surface area (Å²) in [4.78, 5) is 6.65. The lowest BCUT2D eigenvalue weighted by atomic mass is 10.1. The number of halogens is 2. The van der Waals surface area contributed by atoms with E-state index in [1.807, 2.05) is 14.0 Å². The van der Waals surface area contributed by atoms with Gasteiger partial charge in [-0.25, -0.2) is 13.8 Å². The molecule has 2 heterocycles. The third kappa shape index (κ3) is 3.76. The second-order valence-electron chi connectivity index (χ2n) is 5.94. The minimum atomic E-state index is -0.642. The molecule has 2 aromatic rings. The van der Waals surface area contributed by atoms with Gasteiger partial charge in [0.15, 0.2) is 0 Å². The van der Waals surface area contributed by atoms with Crippen molar-refractivity contribution in [3.8, 4) is 11.5 Å². The molecule has 1 aliphatic heterocycles. The van der Waals surface area contributed by atoms with Crippen LogP contribution in [-0.2, 0) is 11.3 Å². The molecule has 6 heteroatoms. The van der Waals surface area contributed by atoms with Gasteiger partial charge in [-0.3, -0.25) is 4.90 Å². The number of hydrogen-bond acceptors (Lipinski definition) is 4. The van der Waals surface area contributed by atoms with Gasteiger partial charge in [0.05, 0.1) is 5.69 Å². The van der Waals surface area contributed by atoms with Gasteiger partial charge in [-0.05, 0) is 38.9 Å². The van der Waals surface area contributed by atoms with Gasteiger partial charge in [0.25, 0.3) is 0 Å². The maximum atomic E-state index is 13.3. The van der Waals surface area contributed by atoms with E-state index in [-0.39, 0.29) is 5.89 Å². The molecule has 0 radical (unpaired) electrons. The fourth-order valence-electron chi connectivity index (χ4n) is 2.87. The van der Waals surface area contributed by atoms with Crippen LogP contribution in [0.1, 0.15) is 24.3 Å². The lowest BCUT2D eigenvalue weighted by Crippen LogP contribution is -2.36. The van der Waals surface area contributed by atoms with Crippen molar-refractivity contribution in [3.05, 3.63) is 41.3 Å². The normalized spacial score (nSPS) is 16.2. The first-order valence-corrected chi connectivity index (χ1v) is 7.73. The molecule has 0 unspecified atom stereocenters. The minimum absolute atomic E-state index is 0.247. The Bertz CT molecular complexity index is 661. The molecule has 0 N–H and O–H groups in total. The van der Waals surface area contributed by atoms with Crippen LogP contribution in [-0.4, -0.2) is 36.2 Å². The Morgan fingerprint density at radius 3 is 2.48 bits per heavy atom. The molecule has 4 nitrogen and oxygen atoms in total. The highest BCUT2D eigenvalue weighted by Gasteiger charge is 2.21. The van der Waals surface area contributed by atoms with E-state index in [4.69, 9.17) is 9.15 Å². The molecular weight excluding hydrogens is 302 g/mol. The van der Waals surface area contributed by atoms with Crippen LogP contribution in [0.25, 0.3) is 11.5 Å². The molecule has 124 valence electrons. The summed E-state index contributed by atoms with van der Waals surface area (Å²) in [5.74, 6) is -0.367. The fourth-order valence-corrected chi connectivity index (χ4v) is 2.87. The Balaban J connectivity index is 1.77. The summed E-state index contributed by atoms with van der Waals surface area (Å²) in [6.45, 7) is 4.01. The van der Waals surface area contributed by atoms with E-state index >= 15 is 0 Å². The van der Waals surface area contributed by atoms with Crippen molar-refractivity contribution in [1.29, 1.82) is 0 Å². The molecule has 1 saturated heterocycles. The summed E-state index contributed by atoms with van der Waals surface area (Å²) in [7, 11) is 2.05. The molecule has 1 fully saturated rings. The lowest BCUT2D eigenvalue weighted by molar-refractivity contribution is 0.0402. The van der Waals surface area contributed by atoms with Crippen molar-refractivity contribution in [2.75, 3.05) is 20.3 Å². The molecule has 1 aromatic carbocycles. The van der Waals surface area contributed by atoms with E-state index in [1.165, 1.54) is 12.1 Å². The van der Waals surface area contributed by atoms with E-state index in [9.17, 15) is 8.78 Å². The number of aryl methyl sites for hydroxylation is 1. The second kappa shape index (κ2) is 6.76. The van der Waals surface area contributed by atoms with Crippen molar-refractivity contribution in [1.82, 2.24) is 9.88 Å². The molecular formula is C17H20F2N2O2. The van der Waals surface area contributed by atoms with Crippen LogP contribution in [0.15, 0.2) is 22.6 Å². The highest BCUT2D eigenvalue weighted by molar-refractivity contribution is 5.53. The van der Waals surface area contributed by atoms with Gasteiger partial charge >= 0.3 is 0 Å². The zero-order valence-corrected chi connectivity index (χ0v) is 13.3. The Hall–Kier alpha value is -1.79. The zero-order valence-electron chi connectivity index (χ0n) is 13.3. The largest absolute Gasteiger partial charge is 0.441 e. The number of rotatable bonds is 4. The van der Waals surface area contributed by atoms with Crippen molar-refractivity contribution < 1.29 is 17.9 Å². The van der Waals surface area contributed by atoms with E-state index < -0.39 is 11.6 Å². The quantitative estimate of drug-likeness (QED) is 0.863. The van der Waals surface area contributed by atoms with Gasteiger partial charge in [0.1, 0.15) is 17.4 Å². The Morgan fingerprint density at radius 2 is 1.83 bits per heavy atom. The number of benzene rings is 1. The molecule has 1 aliphatic rings. The van der Waals surface area contributed by atoms with Gasteiger partial charge in [0, 0.05) is 37.4 Å². The summed E-state index contributed by atoms with van der Waals surface area (Å²) >= 11 is 0.